The third kappa shape index (κ3) is 7.17. The maximum atomic E-state index is 13.1. The molecule has 6 rings (SSSR count). The number of H-pyrrole nitrogens is 2. The molecule has 2 atom stereocenters. The second kappa shape index (κ2) is 13.2. The zero-order chi connectivity index (χ0) is 37.0. The lowest BCUT2D eigenvalue weighted by atomic mass is 9.64. The van der Waals surface area contributed by atoms with Crippen LogP contribution >= 0.6 is 0 Å². The van der Waals surface area contributed by atoms with Crippen LogP contribution in [0.1, 0.15) is 103 Å². The minimum absolute atomic E-state index is 0.144. The first-order valence-electron chi connectivity index (χ1n) is 18.0. The van der Waals surface area contributed by atoms with Gasteiger partial charge in [0, 0.05) is 30.4 Å². The third-order valence-corrected chi connectivity index (χ3v) is 10.3. The third-order valence-electron chi connectivity index (χ3n) is 10.3. The molecule has 0 spiro atoms. The summed E-state index contributed by atoms with van der Waals surface area (Å²) in [6.07, 6.45) is 4.76. The molecule has 0 saturated carbocycles. The molecule has 10 nitrogen and oxygen atoms in total. The summed E-state index contributed by atoms with van der Waals surface area (Å²) in [5, 5.41) is 0. The van der Waals surface area contributed by atoms with Gasteiger partial charge in [-0.15, -0.1) is 0 Å². The molecule has 0 radical (unpaired) electrons. The fourth-order valence-corrected chi connectivity index (χ4v) is 7.40. The molecule has 2 saturated heterocycles. The highest BCUT2D eigenvalue weighted by Gasteiger charge is 2.45. The standard InChI is InChI=1S/C37H48B4N6O4/c1-35(2,3)50-33(48)46-16-8-10-25(46)31-42-19-24(43-31)26-29(40)27(38)21(28(39)30(26)41)13-11-20-12-14-22-23(18-20)45-32(44-22)37(7)15-9-17-47(37)34(49)51-36(4,5)6/h12,14,18-19,25H,8-10,15-17,38-41H2,1-7H3,(H,42,43)(H,44,45)/t25-,37?/m0/s1. The molecule has 2 aromatic heterocycles. The number of carbonyl (C=O) groups is 2. The van der Waals surface area contributed by atoms with Gasteiger partial charge in [0.05, 0.1) is 22.8 Å². The first-order valence-corrected chi connectivity index (χ1v) is 18.0. The number of amides is 2. The van der Waals surface area contributed by atoms with Crippen molar-refractivity contribution in [2.24, 2.45) is 0 Å². The number of nitrogens with zero attached hydrogens (tertiary/aromatic N) is 4. The normalized spacial score (nSPS) is 19.3. The largest absolute Gasteiger partial charge is 0.444 e. The molecule has 2 N–H and O–H groups in total. The van der Waals surface area contributed by atoms with E-state index in [-0.39, 0.29) is 18.2 Å². The number of rotatable bonds is 3. The minimum atomic E-state index is -0.581. The van der Waals surface area contributed by atoms with Gasteiger partial charge in [0.1, 0.15) is 59.8 Å². The van der Waals surface area contributed by atoms with Gasteiger partial charge >= 0.3 is 12.2 Å². The Morgan fingerprint density at radius 2 is 1.57 bits per heavy atom. The number of benzene rings is 2. The molecule has 2 fully saturated rings. The smallest absolute Gasteiger partial charge is 0.411 e. The van der Waals surface area contributed by atoms with Crippen molar-refractivity contribution in [3.8, 4) is 23.1 Å². The minimum Gasteiger partial charge on any atom is -0.444 e. The number of hydrogen-bond donors (Lipinski definition) is 2. The highest BCUT2D eigenvalue weighted by molar-refractivity contribution is 6.60. The Morgan fingerprint density at radius 3 is 2.24 bits per heavy atom. The average Bonchev–Trinajstić information content (AvgIpc) is 3.84. The van der Waals surface area contributed by atoms with E-state index in [0.717, 1.165) is 92.6 Å². The molecular formula is C37H48B4N6O4. The quantitative estimate of drug-likeness (QED) is 0.243. The van der Waals surface area contributed by atoms with E-state index in [1.807, 2.05) is 65.9 Å². The predicted molar refractivity (Wildman–Crippen MR) is 213 cm³/mol. The van der Waals surface area contributed by atoms with Crippen LogP contribution in [-0.2, 0) is 15.0 Å². The fourth-order valence-electron chi connectivity index (χ4n) is 7.40. The molecule has 4 aromatic rings. The molecular weight excluding hydrogens is 636 g/mol. The van der Waals surface area contributed by atoms with Crippen molar-refractivity contribution in [3.05, 3.63) is 47.2 Å². The van der Waals surface area contributed by atoms with Gasteiger partial charge in [-0.1, -0.05) is 33.7 Å². The molecule has 0 bridgehead atoms. The molecule has 14 heteroatoms. The Hall–Kier alpha value is -4.52. The van der Waals surface area contributed by atoms with Crippen LogP contribution in [-0.4, -0.2) is 97.6 Å². The highest BCUT2D eigenvalue weighted by Crippen LogP contribution is 2.39. The highest BCUT2D eigenvalue weighted by atomic mass is 16.6. The van der Waals surface area contributed by atoms with Crippen molar-refractivity contribution >= 4 is 76.5 Å². The van der Waals surface area contributed by atoms with Crippen molar-refractivity contribution in [3.63, 3.8) is 0 Å². The first-order chi connectivity index (χ1) is 23.9. The van der Waals surface area contributed by atoms with E-state index >= 15 is 0 Å². The number of nitrogens with one attached hydrogen (secondary N) is 2. The van der Waals surface area contributed by atoms with Crippen molar-refractivity contribution in [1.82, 2.24) is 29.7 Å². The summed E-state index contributed by atoms with van der Waals surface area (Å²) in [6, 6.07) is 5.88. The monoisotopic (exact) mass is 684 g/mol. The molecule has 1 unspecified atom stereocenters. The van der Waals surface area contributed by atoms with Crippen LogP contribution in [0.25, 0.3) is 22.3 Å². The zero-order valence-corrected chi connectivity index (χ0v) is 32.1. The molecule has 2 aromatic carbocycles. The lowest BCUT2D eigenvalue weighted by Gasteiger charge is -2.34. The van der Waals surface area contributed by atoms with E-state index in [1.165, 1.54) is 0 Å². The van der Waals surface area contributed by atoms with E-state index in [9.17, 15) is 9.59 Å². The number of ether oxygens (including phenoxy) is 2. The number of fused-ring (bicyclic) bond motifs is 1. The summed E-state index contributed by atoms with van der Waals surface area (Å²) >= 11 is 0. The van der Waals surface area contributed by atoms with E-state index < -0.39 is 16.7 Å². The number of carbonyl (C=O) groups excluding carboxylic acids is 2. The molecule has 262 valence electrons. The van der Waals surface area contributed by atoms with Crippen LogP contribution in [0.2, 0.25) is 0 Å². The predicted octanol–water partition coefficient (Wildman–Crippen LogP) is 0.705. The van der Waals surface area contributed by atoms with Gasteiger partial charge in [-0.3, -0.25) is 9.80 Å². The first kappa shape index (κ1) is 36.3. The Kier molecular flexibility index (Phi) is 9.41. The van der Waals surface area contributed by atoms with Crippen molar-refractivity contribution < 1.29 is 19.1 Å². The molecule has 0 aliphatic carbocycles. The van der Waals surface area contributed by atoms with Crippen LogP contribution in [0.15, 0.2) is 24.4 Å². The lowest BCUT2D eigenvalue weighted by Crippen LogP contribution is -2.46. The van der Waals surface area contributed by atoms with Crippen molar-refractivity contribution in [2.75, 3.05) is 13.1 Å². The Balaban J connectivity index is 1.26. The number of imidazole rings is 2. The van der Waals surface area contributed by atoms with Crippen molar-refractivity contribution in [2.45, 2.75) is 96.9 Å². The summed E-state index contributed by atoms with van der Waals surface area (Å²) in [7, 11) is 8.49. The summed E-state index contributed by atoms with van der Waals surface area (Å²) < 4.78 is 11.4. The van der Waals surface area contributed by atoms with Crippen LogP contribution in [0.3, 0.4) is 0 Å². The van der Waals surface area contributed by atoms with Crippen LogP contribution < -0.4 is 21.9 Å². The number of aromatic nitrogens is 4. The van der Waals surface area contributed by atoms with Gasteiger partial charge in [-0.2, -0.15) is 0 Å². The number of aromatic amines is 2. The number of hydrogen-bond acceptors (Lipinski definition) is 6. The maximum absolute atomic E-state index is 13.1. The van der Waals surface area contributed by atoms with E-state index in [1.54, 1.807) is 9.80 Å². The van der Waals surface area contributed by atoms with Crippen LogP contribution in [0.5, 0.6) is 0 Å². The topological polar surface area (TPSA) is 116 Å². The second-order valence-corrected chi connectivity index (χ2v) is 16.3. The second-order valence-electron chi connectivity index (χ2n) is 16.3. The summed E-state index contributed by atoms with van der Waals surface area (Å²) in [5.74, 6) is 8.42. The zero-order valence-electron chi connectivity index (χ0n) is 32.1. The lowest BCUT2D eigenvalue weighted by molar-refractivity contribution is 0.00861. The fraction of sp³-hybridized carbons (Fsp3) is 0.459. The molecule has 2 amide bonds. The van der Waals surface area contributed by atoms with Gasteiger partial charge in [0.2, 0.25) is 0 Å². The van der Waals surface area contributed by atoms with Crippen LogP contribution in [0, 0.1) is 11.8 Å². The van der Waals surface area contributed by atoms with Gasteiger partial charge in [0.25, 0.3) is 0 Å². The van der Waals surface area contributed by atoms with Gasteiger partial charge in [0.15, 0.2) is 0 Å². The van der Waals surface area contributed by atoms with Gasteiger partial charge in [-0.25, -0.2) is 19.6 Å². The molecule has 4 heterocycles. The summed E-state index contributed by atoms with van der Waals surface area (Å²) in [6.45, 7) is 14.7. The molecule has 51 heavy (non-hydrogen) atoms. The van der Waals surface area contributed by atoms with Crippen molar-refractivity contribution in [1.29, 1.82) is 0 Å². The van der Waals surface area contributed by atoms with E-state index in [4.69, 9.17) is 19.4 Å². The Bertz CT molecular complexity index is 2060. The Labute approximate surface area is 304 Å². The maximum Gasteiger partial charge on any atom is 0.411 e. The van der Waals surface area contributed by atoms with E-state index in [2.05, 4.69) is 60.1 Å². The average molecular weight is 684 g/mol. The van der Waals surface area contributed by atoms with Gasteiger partial charge < -0.3 is 19.4 Å². The van der Waals surface area contributed by atoms with Crippen LogP contribution in [0.4, 0.5) is 9.59 Å². The Morgan fingerprint density at radius 1 is 0.902 bits per heavy atom. The SMILES string of the molecule is Bc1c(B)c(-c2c[nH]c([C@@H]3CCCN3C(=O)OC(C)(C)C)n2)c(B)c(B)c1C#Cc1ccc2[nH]c(C3(C)CCCN3C(=O)OC(C)(C)C)nc2c1. The van der Waals surface area contributed by atoms with Gasteiger partial charge in [-0.05, 0) is 97.9 Å². The molecule has 2 aliphatic rings. The van der Waals surface area contributed by atoms with E-state index in [0.29, 0.717) is 13.1 Å². The summed E-state index contributed by atoms with van der Waals surface area (Å²) in [5.41, 5.74) is 8.31. The number of likely N-dealkylation sites (tertiary alicyclic amines) is 2. The molecule has 2 aliphatic heterocycles. The summed E-state index contributed by atoms with van der Waals surface area (Å²) in [4.78, 5) is 46.5.